The van der Waals surface area contributed by atoms with E-state index < -0.39 is 0 Å². The molecule has 1 amide bonds. The minimum atomic E-state index is -0.339. The highest BCUT2D eigenvalue weighted by molar-refractivity contribution is 6.31. The zero-order valence-electron chi connectivity index (χ0n) is 16.6. The highest BCUT2D eigenvalue weighted by Gasteiger charge is 2.23. The van der Waals surface area contributed by atoms with E-state index in [-0.39, 0.29) is 22.9 Å². The van der Waals surface area contributed by atoms with Crippen LogP contribution < -0.4 is 20.9 Å². The number of hydrogen-bond donors (Lipinski definition) is 2. The van der Waals surface area contributed by atoms with Crippen molar-refractivity contribution in [3.05, 3.63) is 75.2 Å². The van der Waals surface area contributed by atoms with Gasteiger partial charge in [0, 0.05) is 29.4 Å². The monoisotopic (exact) mass is 424 g/mol. The third-order valence-electron chi connectivity index (χ3n) is 4.79. The van der Waals surface area contributed by atoms with Crippen LogP contribution in [0.25, 0.3) is 0 Å². The Morgan fingerprint density at radius 3 is 2.60 bits per heavy atom. The number of hydrogen-bond acceptors (Lipinski definition) is 5. The normalized spacial score (nSPS) is 13.0. The molecule has 4 rings (SSSR count). The molecule has 1 aliphatic carbocycles. The lowest BCUT2D eigenvalue weighted by Gasteiger charge is -2.14. The Morgan fingerprint density at radius 1 is 1.20 bits per heavy atom. The lowest BCUT2D eigenvalue weighted by atomic mass is 10.2. The average molecular weight is 425 g/mol. The molecule has 7 nitrogen and oxygen atoms in total. The van der Waals surface area contributed by atoms with Crippen LogP contribution in [0.15, 0.2) is 53.5 Å². The zero-order valence-corrected chi connectivity index (χ0v) is 17.4. The van der Waals surface area contributed by atoms with Gasteiger partial charge in [0.1, 0.15) is 5.75 Å². The molecule has 2 N–H and O–H groups in total. The van der Waals surface area contributed by atoms with Gasteiger partial charge in [-0.3, -0.25) is 9.59 Å². The van der Waals surface area contributed by atoms with Gasteiger partial charge in [0.25, 0.3) is 11.5 Å². The van der Waals surface area contributed by atoms with Crippen molar-refractivity contribution in [1.29, 1.82) is 0 Å². The molecule has 1 heterocycles. The Morgan fingerprint density at radius 2 is 1.93 bits per heavy atom. The highest BCUT2D eigenvalue weighted by Crippen LogP contribution is 2.30. The Balaban J connectivity index is 1.58. The van der Waals surface area contributed by atoms with Gasteiger partial charge >= 0.3 is 0 Å². The summed E-state index contributed by atoms with van der Waals surface area (Å²) in [4.78, 5) is 24.8. The van der Waals surface area contributed by atoms with E-state index in [2.05, 4.69) is 15.7 Å². The topological polar surface area (TPSA) is 85.2 Å². The van der Waals surface area contributed by atoms with Gasteiger partial charge < -0.3 is 15.4 Å². The number of rotatable bonds is 6. The van der Waals surface area contributed by atoms with Gasteiger partial charge in [0.2, 0.25) is 0 Å². The van der Waals surface area contributed by atoms with Gasteiger partial charge in [0.05, 0.1) is 6.20 Å². The van der Waals surface area contributed by atoms with Gasteiger partial charge in [0.15, 0.2) is 11.4 Å². The number of halogens is 1. The van der Waals surface area contributed by atoms with Crippen LogP contribution in [-0.4, -0.2) is 21.7 Å². The van der Waals surface area contributed by atoms with E-state index in [1.165, 1.54) is 10.9 Å². The summed E-state index contributed by atoms with van der Waals surface area (Å²) in [5.41, 5.74) is 1.99. The lowest BCUT2D eigenvalue weighted by Crippen LogP contribution is -2.25. The molecule has 1 saturated carbocycles. The summed E-state index contributed by atoms with van der Waals surface area (Å²) in [6.45, 7) is 1.87. The molecule has 1 fully saturated rings. The van der Waals surface area contributed by atoms with Crippen molar-refractivity contribution in [3.8, 4) is 11.5 Å². The van der Waals surface area contributed by atoms with Crippen LogP contribution in [0.2, 0.25) is 5.02 Å². The van der Waals surface area contributed by atoms with Crippen molar-refractivity contribution >= 4 is 28.9 Å². The molecule has 8 heteroatoms. The second-order valence-corrected chi connectivity index (χ2v) is 7.68. The SMILES string of the molecule is Cc1cc(Oc2cnn(C)c(=O)c2Nc2ccc(C(=O)NC3CC3)cc2)ccc1Cl. The van der Waals surface area contributed by atoms with Crippen LogP contribution in [0.3, 0.4) is 0 Å². The standard InChI is InChI=1S/C22H21ClN4O3/c1-13-11-17(9-10-18(13)23)30-19-12-24-27(2)22(29)20(19)25-15-5-3-14(4-6-15)21(28)26-16-7-8-16/h3-6,9-12,16,25H,7-8H2,1-2H3,(H,26,28). The number of nitrogens with one attached hydrogen (secondary N) is 2. The van der Waals surface area contributed by atoms with Crippen molar-refractivity contribution in [2.45, 2.75) is 25.8 Å². The predicted octanol–water partition coefficient (Wildman–Crippen LogP) is 4.17. The van der Waals surface area contributed by atoms with Gasteiger partial charge in [-0.25, -0.2) is 4.68 Å². The summed E-state index contributed by atoms with van der Waals surface area (Å²) in [6.07, 6.45) is 3.55. The molecule has 3 aromatic rings. The molecular weight excluding hydrogens is 404 g/mol. The molecule has 0 atom stereocenters. The first-order valence-corrected chi connectivity index (χ1v) is 9.97. The minimum Gasteiger partial charge on any atom is -0.453 e. The Bertz CT molecular complexity index is 1150. The summed E-state index contributed by atoms with van der Waals surface area (Å²) in [7, 11) is 1.56. The largest absolute Gasteiger partial charge is 0.453 e. The number of benzene rings is 2. The van der Waals surface area contributed by atoms with Crippen LogP contribution in [0.5, 0.6) is 11.5 Å². The van der Waals surface area contributed by atoms with Crippen LogP contribution >= 0.6 is 11.6 Å². The number of aryl methyl sites for hydroxylation is 2. The highest BCUT2D eigenvalue weighted by atomic mass is 35.5. The van der Waals surface area contributed by atoms with Crippen LogP contribution in [0.4, 0.5) is 11.4 Å². The van der Waals surface area contributed by atoms with Crippen molar-refractivity contribution < 1.29 is 9.53 Å². The van der Waals surface area contributed by atoms with E-state index in [0.29, 0.717) is 28.1 Å². The van der Waals surface area contributed by atoms with Crippen molar-refractivity contribution in [1.82, 2.24) is 15.1 Å². The third kappa shape index (κ3) is 4.46. The molecule has 0 radical (unpaired) electrons. The number of aromatic nitrogens is 2. The molecule has 0 saturated heterocycles. The predicted molar refractivity (Wildman–Crippen MR) is 116 cm³/mol. The van der Waals surface area contributed by atoms with E-state index in [4.69, 9.17) is 16.3 Å². The van der Waals surface area contributed by atoms with Crippen molar-refractivity contribution in [2.75, 3.05) is 5.32 Å². The fraction of sp³-hybridized carbons (Fsp3) is 0.227. The van der Waals surface area contributed by atoms with E-state index in [1.807, 2.05) is 6.92 Å². The average Bonchev–Trinajstić information content (AvgIpc) is 3.55. The molecule has 30 heavy (non-hydrogen) atoms. The first kappa shape index (κ1) is 20.0. The molecule has 0 bridgehead atoms. The number of amides is 1. The number of nitrogens with zero attached hydrogens (tertiary/aromatic N) is 2. The summed E-state index contributed by atoms with van der Waals surface area (Å²) in [6, 6.07) is 12.5. The molecular formula is C22H21ClN4O3. The second-order valence-electron chi connectivity index (χ2n) is 7.28. The van der Waals surface area contributed by atoms with E-state index >= 15 is 0 Å². The second kappa shape index (κ2) is 8.20. The van der Waals surface area contributed by atoms with Crippen LogP contribution in [-0.2, 0) is 7.05 Å². The zero-order chi connectivity index (χ0) is 21.3. The molecule has 1 aromatic heterocycles. The summed E-state index contributed by atoms with van der Waals surface area (Å²) < 4.78 is 7.13. The van der Waals surface area contributed by atoms with Gasteiger partial charge in [-0.05, 0) is 67.8 Å². The molecule has 1 aliphatic rings. The van der Waals surface area contributed by atoms with E-state index in [9.17, 15) is 9.59 Å². The van der Waals surface area contributed by atoms with E-state index in [0.717, 1.165) is 18.4 Å². The number of carbonyl (C=O) groups is 1. The number of anilines is 2. The molecule has 2 aromatic carbocycles. The van der Waals surface area contributed by atoms with Crippen LogP contribution in [0.1, 0.15) is 28.8 Å². The minimum absolute atomic E-state index is 0.0917. The maximum atomic E-state index is 12.7. The quantitative estimate of drug-likeness (QED) is 0.620. The van der Waals surface area contributed by atoms with Gasteiger partial charge in [-0.1, -0.05) is 11.6 Å². The van der Waals surface area contributed by atoms with Gasteiger partial charge in [-0.2, -0.15) is 5.10 Å². The number of ether oxygens (including phenoxy) is 1. The Labute approximate surface area is 178 Å². The fourth-order valence-electron chi connectivity index (χ4n) is 2.87. The maximum Gasteiger partial charge on any atom is 0.294 e. The molecule has 0 spiro atoms. The maximum absolute atomic E-state index is 12.7. The molecule has 0 aliphatic heterocycles. The molecule has 0 unspecified atom stereocenters. The summed E-state index contributed by atoms with van der Waals surface area (Å²) >= 11 is 6.07. The Kier molecular flexibility index (Phi) is 5.46. The summed E-state index contributed by atoms with van der Waals surface area (Å²) in [5, 5.41) is 10.7. The lowest BCUT2D eigenvalue weighted by molar-refractivity contribution is 0.0951. The fourth-order valence-corrected chi connectivity index (χ4v) is 2.99. The number of carbonyl (C=O) groups excluding carboxylic acids is 1. The third-order valence-corrected chi connectivity index (χ3v) is 5.21. The van der Waals surface area contributed by atoms with Crippen molar-refractivity contribution in [2.24, 2.45) is 7.05 Å². The van der Waals surface area contributed by atoms with Gasteiger partial charge in [-0.15, -0.1) is 0 Å². The Hall–Kier alpha value is -3.32. The summed E-state index contributed by atoms with van der Waals surface area (Å²) in [5.74, 6) is 0.739. The first-order chi connectivity index (χ1) is 14.4. The van der Waals surface area contributed by atoms with E-state index in [1.54, 1.807) is 49.5 Å². The van der Waals surface area contributed by atoms with Crippen molar-refractivity contribution in [3.63, 3.8) is 0 Å². The smallest absolute Gasteiger partial charge is 0.294 e. The van der Waals surface area contributed by atoms with Crippen LogP contribution in [0, 0.1) is 6.92 Å². The first-order valence-electron chi connectivity index (χ1n) is 9.59. The molecule has 154 valence electrons.